The highest BCUT2D eigenvalue weighted by Crippen LogP contribution is 2.32. The molecule has 0 saturated heterocycles. The van der Waals surface area contributed by atoms with Crippen LogP contribution in [0, 0.1) is 21.4 Å². The predicted octanol–water partition coefficient (Wildman–Crippen LogP) is 2.76. The van der Waals surface area contributed by atoms with Crippen molar-refractivity contribution in [3.8, 4) is 17.6 Å². The van der Waals surface area contributed by atoms with Crippen LogP contribution in [0.1, 0.15) is 11.1 Å². The van der Waals surface area contributed by atoms with Crippen molar-refractivity contribution in [2.75, 3.05) is 6.54 Å². The third-order valence-electron chi connectivity index (χ3n) is 2.87. The van der Waals surface area contributed by atoms with Gasteiger partial charge in [-0.25, -0.2) is 0 Å². The molecule has 2 aromatic rings. The molecule has 0 bridgehead atoms. The first kappa shape index (κ1) is 14.5. The number of ether oxygens (including phenoxy) is 1. The van der Waals surface area contributed by atoms with Crippen molar-refractivity contribution in [1.29, 1.82) is 5.26 Å². The van der Waals surface area contributed by atoms with Crippen LogP contribution in [0.4, 0.5) is 5.69 Å². The van der Waals surface area contributed by atoms with Crippen LogP contribution in [0.15, 0.2) is 42.5 Å². The van der Waals surface area contributed by atoms with Crippen molar-refractivity contribution in [2.45, 2.75) is 6.42 Å². The van der Waals surface area contributed by atoms with E-state index in [9.17, 15) is 10.1 Å². The van der Waals surface area contributed by atoms with Gasteiger partial charge in [-0.15, -0.1) is 0 Å². The van der Waals surface area contributed by atoms with Gasteiger partial charge in [-0.05, 0) is 42.8 Å². The summed E-state index contributed by atoms with van der Waals surface area (Å²) in [6, 6.07) is 13.1. The molecule has 2 N–H and O–H groups in total. The van der Waals surface area contributed by atoms with Crippen molar-refractivity contribution in [2.24, 2.45) is 5.73 Å². The summed E-state index contributed by atoms with van der Waals surface area (Å²) in [4.78, 5) is 10.5. The fourth-order valence-electron chi connectivity index (χ4n) is 1.83. The van der Waals surface area contributed by atoms with Gasteiger partial charge in [-0.2, -0.15) is 5.26 Å². The molecule has 0 radical (unpaired) electrons. The van der Waals surface area contributed by atoms with Gasteiger partial charge in [0.2, 0.25) is 5.75 Å². The minimum atomic E-state index is -0.570. The molecule has 0 fully saturated rings. The highest BCUT2D eigenvalue weighted by Gasteiger charge is 2.16. The Morgan fingerprint density at radius 2 is 1.95 bits per heavy atom. The Bertz CT molecular complexity index is 690. The van der Waals surface area contributed by atoms with Gasteiger partial charge < -0.3 is 10.5 Å². The summed E-state index contributed by atoms with van der Waals surface area (Å²) in [5, 5.41) is 19.8. The fraction of sp³-hybridized carbons (Fsp3) is 0.133. The summed E-state index contributed by atoms with van der Waals surface area (Å²) >= 11 is 0. The summed E-state index contributed by atoms with van der Waals surface area (Å²) in [6.45, 7) is 0.557. The van der Waals surface area contributed by atoms with Gasteiger partial charge in [-0.3, -0.25) is 10.1 Å². The maximum atomic E-state index is 11.0. The molecule has 0 aliphatic rings. The largest absolute Gasteiger partial charge is 0.450 e. The lowest BCUT2D eigenvalue weighted by molar-refractivity contribution is -0.385. The van der Waals surface area contributed by atoms with E-state index in [0.29, 0.717) is 12.3 Å². The topological polar surface area (TPSA) is 102 Å². The van der Waals surface area contributed by atoms with E-state index in [-0.39, 0.29) is 17.0 Å². The zero-order valence-electron chi connectivity index (χ0n) is 11.2. The highest BCUT2D eigenvalue weighted by atomic mass is 16.6. The fourth-order valence-corrected chi connectivity index (χ4v) is 1.83. The van der Waals surface area contributed by atoms with Gasteiger partial charge in [-0.1, -0.05) is 12.1 Å². The van der Waals surface area contributed by atoms with E-state index < -0.39 is 4.92 Å². The Morgan fingerprint density at radius 1 is 1.24 bits per heavy atom. The summed E-state index contributed by atoms with van der Waals surface area (Å²) < 4.78 is 5.52. The summed E-state index contributed by atoms with van der Waals surface area (Å²) in [6.07, 6.45) is 0.761. The number of nitro groups is 1. The van der Waals surface area contributed by atoms with Crippen LogP contribution in [0.5, 0.6) is 11.5 Å². The Hall–Kier alpha value is -2.91. The maximum Gasteiger partial charge on any atom is 0.312 e. The number of nitrogens with two attached hydrogens (primary N) is 1. The Kier molecular flexibility index (Phi) is 4.49. The molecule has 0 amide bonds. The van der Waals surface area contributed by atoms with Crippen molar-refractivity contribution in [3.05, 3.63) is 63.7 Å². The van der Waals surface area contributed by atoms with Crippen LogP contribution in [-0.4, -0.2) is 11.5 Å². The van der Waals surface area contributed by atoms with E-state index >= 15 is 0 Å². The second-order valence-corrected chi connectivity index (χ2v) is 4.34. The van der Waals surface area contributed by atoms with Gasteiger partial charge in [0.1, 0.15) is 5.75 Å². The monoisotopic (exact) mass is 283 g/mol. The van der Waals surface area contributed by atoms with E-state index in [2.05, 4.69) is 0 Å². The molecule has 0 heterocycles. The van der Waals surface area contributed by atoms with E-state index in [0.717, 1.165) is 12.0 Å². The Balaban J connectivity index is 2.26. The minimum absolute atomic E-state index is 0.102. The maximum absolute atomic E-state index is 11.0. The number of nitro benzene ring substituents is 1. The van der Waals surface area contributed by atoms with Crippen LogP contribution < -0.4 is 10.5 Å². The van der Waals surface area contributed by atoms with Crippen molar-refractivity contribution >= 4 is 5.69 Å². The molecule has 0 saturated carbocycles. The van der Waals surface area contributed by atoms with Crippen molar-refractivity contribution in [1.82, 2.24) is 0 Å². The third-order valence-corrected chi connectivity index (χ3v) is 2.87. The van der Waals surface area contributed by atoms with Gasteiger partial charge in [0.05, 0.1) is 16.6 Å². The van der Waals surface area contributed by atoms with E-state index in [1.807, 2.05) is 18.2 Å². The first-order valence-corrected chi connectivity index (χ1v) is 6.29. The van der Waals surface area contributed by atoms with Gasteiger partial charge in [0.25, 0.3) is 0 Å². The predicted molar refractivity (Wildman–Crippen MR) is 77.1 cm³/mol. The third kappa shape index (κ3) is 3.55. The molecular formula is C15H13N3O3. The zero-order valence-corrected chi connectivity index (χ0v) is 11.2. The summed E-state index contributed by atoms with van der Waals surface area (Å²) in [7, 11) is 0. The molecule has 0 aromatic heterocycles. The number of hydrogen-bond acceptors (Lipinski definition) is 5. The van der Waals surface area contributed by atoms with Gasteiger partial charge in [0, 0.05) is 6.07 Å². The quantitative estimate of drug-likeness (QED) is 0.671. The lowest BCUT2D eigenvalue weighted by Crippen LogP contribution is -2.02. The number of nitrogens with zero attached hydrogens (tertiary/aromatic N) is 2. The summed E-state index contributed by atoms with van der Waals surface area (Å²) in [5.74, 6) is 0.592. The normalized spacial score (nSPS) is 9.90. The Morgan fingerprint density at radius 3 is 2.52 bits per heavy atom. The molecule has 2 rings (SSSR count). The second kappa shape index (κ2) is 6.50. The first-order valence-electron chi connectivity index (χ1n) is 6.29. The van der Waals surface area contributed by atoms with Gasteiger partial charge >= 0.3 is 5.69 Å². The van der Waals surface area contributed by atoms with Crippen molar-refractivity contribution in [3.63, 3.8) is 0 Å². The van der Waals surface area contributed by atoms with Crippen molar-refractivity contribution < 1.29 is 9.66 Å². The number of hydrogen-bond donors (Lipinski definition) is 1. The highest BCUT2D eigenvalue weighted by molar-refractivity contribution is 5.53. The molecule has 6 heteroatoms. The zero-order chi connectivity index (χ0) is 15.2. The lowest BCUT2D eigenvalue weighted by atomic mass is 10.1. The van der Waals surface area contributed by atoms with Crippen LogP contribution in [0.3, 0.4) is 0 Å². The molecule has 0 unspecified atom stereocenters. The minimum Gasteiger partial charge on any atom is -0.450 e. The molecule has 6 nitrogen and oxygen atoms in total. The SMILES string of the molecule is N#Cc1ccc(Oc2ccc(CCN)cc2)c([N+](=O)[O-])c1. The number of rotatable bonds is 5. The van der Waals surface area contributed by atoms with Crippen LogP contribution in [0.25, 0.3) is 0 Å². The second-order valence-electron chi connectivity index (χ2n) is 4.34. The number of nitriles is 1. The Labute approximate surface area is 121 Å². The van der Waals surface area contributed by atoms with E-state index in [4.69, 9.17) is 15.7 Å². The average molecular weight is 283 g/mol. The molecule has 0 aliphatic carbocycles. The first-order chi connectivity index (χ1) is 10.1. The van der Waals surface area contributed by atoms with Gasteiger partial charge in [0.15, 0.2) is 0 Å². The molecule has 2 aromatic carbocycles. The van der Waals surface area contributed by atoms with Crippen LogP contribution in [-0.2, 0) is 6.42 Å². The van der Waals surface area contributed by atoms with E-state index in [1.165, 1.54) is 18.2 Å². The number of benzene rings is 2. The lowest BCUT2D eigenvalue weighted by Gasteiger charge is -2.07. The molecule has 0 aliphatic heterocycles. The average Bonchev–Trinajstić information content (AvgIpc) is 2.49. The molecule has 106 valence electrons. The smallest absolute Gasteiger partial charge is 0.312 e. The van der Waals surface area contributed by atoms with Crippen LogP contribution in [0.2, 0.25) is 0 Å². The summed E-state index contributed by atoms with van der Waals surface area (Å²) in [5.41, 5.74) is 6.52. The molecule has 0 spiro atoms. The van der Waals surface area contributed by atoms with Crippen LogP contribution >= 0.6 is 0 Å². The van der Waals surface area contributed by atoms with E-state index in [1.54, 1.807) is 12.1 Å². The standard InChI is InChI=1S/C15H13N3O3/c16-8-7-11-1-4-13(5-2-11)21-15-6-3-12(10-17)9-14(15)18(19)20/h1-6,9H,7-8,16H2. The molecule has 0 atom stereocenters. The molecule has 21 heavy (non-hydrogen) atoms. The molecular weight excluding hydrogens is 270 g/mol.